The molecule has 0 amide bonds. The van der Waals surface area contributed by atoms with E-state index in [0.29, 0.717) is 0 Å². The van der Waals surface area contributed by atoms with E-state index in [1.165, 1.54) is 25.9 Å². The van der Waals surface area contributed by atoms with Crippen molar-refractivity contribution in [1.82, 2.24) is 4.90 Å². The number of hydrogen-bond acceptors (Lipinski definition) is 1. The van der Waals surface area contributed by atoms with Gasteiger partial charge in [0, 0.05) is 0 Å². The topological polar surface area (TPSA) is 23.1 Å². The van der Waals surface area contributed by atoms with Crippen LogP contribution in [0.5, 0.6) is 0 Å². The van der Waals surface area contributed by atoms with Crippen LogP contribution in [0.1, 0.15) is 19.3 Å². The van der Waals surface area contributed by atoms with Crippen molar-refractivity contribution in [3.63, 3.8) is 0 Å². The first-order chi connectivity index (χ1) is 4.83. The van der Waals surface area contributed by atoms with Crippen molar-refractivity contribution >= 4 is 0 Å². The van der Waals surface area contributed by atoms with Gasteiger partial charge in [0.05, 0.1) is 6.61 Å². The van der Waals surface area contributed by atoms with Gasteiger partial charge in [-0.1, -0.05) is 0 Å². The Kier molecular flexibility index (Phi) is 3.16. The summed E-state index contributed by atoms with van der Waals surface area (Å²) in [7, 11) is 2.15. The summed E-state index contributed by atoms with van der Waals surface area (Å²) < 4.78 is 0. The molecule has 0 aromatic heterocycles. The van der Waals surface area contributed by atoms with Crippen LogP contribution < -0.4 is 0 Å². The molecule has 0 spiro atoms. The average Bonchev–Trinajstić information content (AvgIpc) is 1.95. The molecule has 0 atom stereocenters. The quantitative estimate of drug-likeness (QED) is 0.567. The van der Waals surface area contributed by atoms with E-state index in [1.807, 2.05) is 0 Å². The van der Waals surface area contributed by atoms with Gasteiger partial charge in [0.15, 0.2) is 0 Å². The second kappa shape index (κ2) is 3.94. The highest BCUT2D eigenvalue weighted by Crippen LogP contribution is 2.18. The molecule has 1 aliphatic rings. The molecule has 2 nitrogen and oxygen atoms in total. The summed E-state index contributed by atoms with van der Waals surface area (Å²) in [5.74, 6) is 0.730. The zero-order valence-corrected chi connectivity index (χ0v) is 6.68. The number of rotatable bonds is 2. The van der Waals surface area contributed by atoms with Gasteiger partial charge >= 0.3 is 0 Å². The highest BCUT2D eigenvalue weighted by molar-refractivity contribution is 4.69. The van der Waals surface area contributed by atoms with E-state index in [9.17, 15) is 5.11 Å². The van der Waals surface area contributed by atoms with E-state index in [2.05, 4.69) is 11.9 Å². The molecule has 1 heterocycles. The molecule has 10 heavy (non-hydrogen) atoms. The summed E-state index contributed by atoms with van der Waals surface area (Å²) in [5.41, 5.74) is 0. The van der Waals surface area contributed by atoms with Crippen molar-refractivity contribution in [2.75, 3.05) is 26.7 Å². The van der Waals surface area contributed by atoms with Crippen LogP contribution in [-0.4, -0.2) is 31.6 Å². The third kappa shape index (κ3) is 2.27. The van der Waals surface area contributed by atoms with E-state index < -0.39 is 0 Å². The molecule has 0 saturated carbocycles. The smallest absolute Gasteiger partial charge is 0.0825 e. The normalized spacial score (nSPS) is 23.4. The molecule has 0 bridgehead atoms. The van der Waals surface area contributed by atoms with Crippen LogP contribution in [0.15, 0.2) is 0 Å². The van der Waals surface area contributed by atoms with Gasteiger partial charge in [0.2, 0.25) is 0 Å². The second-order valence-electron chi connectivity index (χ2n) is 3.24. The Hall–Kier alpha value is -0.0800. The van der Waals surface area contributed by atoms with Crippen LogP contribution in [0.25, 0.3) is 0 Å². The average molecular weight is 142 g/mol. The maximum Gasteiger partial charge on any atom is 0.0825 e. The second-order valence-corrected chi connectivity index (χ2v) is 3.24. The molecule has 1 fully saturated rings. The third-order valence-electron chi connectivity index (χ3n) is 2.36. The van der Waals surface area contributed by atoms with E-state index >= 15 is 0 Å². The van der Waals surface area contributed by atoms with Crippen molar-refractivity contribution in [3.05, 3.63) is 0 Å². The fraction of sp³-hybridized carbons (Fsp3) is 1.00. The Bertz CT molecular complexity index is 87.3. The molecule has 2 heteroatoms. The van der Waals surface area contributed by atoms with Gasteiger partial charge < -0.3 is 4.90 Å². The van der Waals surface area contributed by atoms with E-state index in [4.69, 9.17) is 0 Å². The zero-order chi connectivity index (χ0) is 7.40. The van der Waals surface area contributed by atoms with Crippen molar-refractivity contribution in [3.8, 4) is 0 Å². The first kappa shape index (κ1) is 8.02. The molecule has 0 aliphatic carbocycles. The van der Waals surface area contributed by atoms with Crippen molar-refractivity contribution < 1.29 is 5.11 Å². The number of nitrogens with zero attached hydrogens (tertiary/aromatic N) is 1. The molecule has 59 valence electrons. The lowest BCUT2D eigenvalue weighted by Gasteiger charge is -2.28. The van der Waals surface area contributed by atoms with Crippen LogP contribution in [0.2, 0.25) is 0 Å². The summed E-state index contributed by atoms with van der Waals surface area (Å²) in [6.45, 7) is 2.49. The Balaban J connectivity index is 2.13. The molecule has 0 aromatic rings. The molecule has 1 radical (unpaired) electrons. The Morgan fingerprint density at radius 3 is 2.50 bits per heavy atom. The summed E-state index contributed by atoms with van der Waals surface area (Å²) in [5, 5.41) is 10.3. The van der Waals surface area contributed by atoms with Crippen LogP contribution in [0.4, 0.5) is 0 Å². The lowest BCUT2D eigenvalue weighted by molar-refractivity contribution is 0.140. The molecular formula is C8H16NO. The van der Waals surface area contributed by atoms with Crippen molar-refractivity contribution in [1.29, 1.82) is 0 Å². The predicted octanol–water partition coefficient (Wildman–Crippen LogP) is 1.15. The lowest BCUT2D eigenvalue weighted by Crippen LogP contribution is -2.30. The maximum absolute atomic E-state index is 10.3. The highest BCUT2D eigenvalue weighted by atomic mass is 16.3. The predicted molar refractivity (Wildman–Crippen MR) is 40.4 cm³/mol. The Morgan fingerprint density at radius 1 is 1.40 bits per heavy atom. The van der Waals surface area contributed by atoms with Crippen LogP contribution in [-0.2, 0) is 5.11 Å². The van der Waals surface area contributed by atoms with Gasteiger partial charge in [-0.15, -0.1) is 0 Å². The maximum atomic E-state index is 10.3. The molecule has 0 aromatic carbocycles. The monoisotopic (exact) mass is 142 g/mol. The Labute approximate surface area is 62.8 Å². The Morgan fingerprint density at radius 2 is 2.00 bits per heavy atom. The molecule has 1 rings (SSSR count). The minimum absolute atomic E-state index is 0.119. The van der Waals surface area contributed by atoms with E-state index in [-0.39, 0.29) is 6.61 Å². The van der Waals surface area contributed by atoms with Crippen LogP contribution >= 0.6 is 0 Å². The van der Waals surface area contributed by atoms with Gasteiger partial charge in [-0.3, -0.25) is 0 Å². The largest absolute Gasteiger partial charge is 0.306 e. The van der Waals surface area contributed by atoms with Gasteiger partial charge in [0.25, 0.3) is 0 Å². The number of hydrogen-bond donors (Lipinski definition) is 0. The fourth-order valence-electron chi connectivity index (χ4n) is 1.52. The van der Waals surface area contributed by atoms with Crippen molar-refractivity contribution in [2.24, 2.45) is 5.92 Å². The number of likely N-dealkylation sites (tertiary alicyclic amines) is 1. The van der Waals surface area contributed by atoms with Crippen LogP contribution in [0.3, 0.4) is 0 Å². The van der Waals surface area contributed by atoms with Gasteiger partial charge in [0.1, 0.15) is 0 Å². The SMILES string of the molecule is CN1CCC(CC[O])CC1. The van der Waals surface area contributed by atoms with Gasteiger partial charge in [-0.25, -0.2) is 5.11 Å². The molecule has 0 N–H and O–H groups in total. The molecular weight excluding hydrogens is 126 g/mol. The zero-order valence-electron chi connectivity index (χ0n) is 6.68. The van der Waals surface area contributed by atoms with Gasteiger partial charge in [-0.2, -0.15) is 0 Å². The minimum Gasteiger partial charge on any atom is -0.306 e. The first-order valence-corrected chi connectivity index (χ1v) is 4.09. The minimum atomic E-state index is 0.119. The standard InChI is InChI=1S/C8H16NO/c1-9-5-2-8(3-6-9)4-7-10/h8H,2-7H2,1H3. The van der Waals surface area contributed by atoms with Crippen LogP contribution in [0, 0.1) is 5.92 Å². The third-order valence-corrected chi connectivity index (χ3v) is 2.36. The fourth-order valence-corrected chi connectivity index (χ4v) is 1.52. The summed E-state index contributed by atoms with van der Waals surface area (Å²) in [4.78, 5) is 2.33. The molecule has 1 saturated heterocycles. The highest BCUT2D eigenvalue weighted by Gasteiger charge is 2.15. The van der Waals surface area contributed by atoms with Crippen molar-refractivity contribution in [2.45, 2.75) is 19.3 Å². The summed E-state index contributed by atoms with van der Waals surface area (Å²) in [6.07, 6.45) is 3.37. The van der Waals surface area contributed by atoms with E-state index in [0.717, 1.165) is 12.3 Å². The first-order valence-electron chi connectivity index (χ1n) is 4.09. The molecule has 1 aliphatic heterocycles. The summed E-state index contributed by atoms with van der Waals surface area (Å²) >= 11 is 0. The molecule has 0 unspecified atom stereocenters. The van der Waals surface area contributed by atoms with Gasteiger partial charge in [-0.05, 0) is 45.3 Å². The summed E-state index contributed by atoms with van der Waals surface area (Å²) in [6, 6.07) is 0. The lowest BCUT2D eigenvalue weighted by atomic mass is 9.94. The van der Waals surface area contributed by atoms with E-state index in [1.54, 1.807) is 0 Å². The number of piperidine rings is 1.